The van der Waals surface area contributed by atoms with Gasteiger partial charge in [-0.3, -0.25) is 9.59 Å². The van der Waals surface area contributed by atoms with Gasteiger partial charge in [0.25, 0.3) is 0 Å². The Balaban J connectivity index is 1.85. The topological polar surface area (TPSA) is 101 Å². The fraction of sp³-hybridized carbons (Fsp3) is 0.176. The Morgan fingerprint density at radius 1 is 1.15 bits per heavy atom. The van der Waals surface area contributed by atoms with Crippen LogP contribution in [0.5, 0.6) is 0 Å². The van der Waals surface area contributed by atoms with E-state index in [0.29, 0.717) is 16.1 Å². The molecule has 0 unspecified atom stereocenters. The molecule has 3 rings (SSSR count). The van der Waals surface area contributed by atoms with Crippen LogP contribution in [0.4, 0.5) is 0 Å². The average molecular weight is 394 g/mol. The van der Waals surface area contributed by atoms with Crippen molar-refractivity contribution in [1.29, 1.82) is 0 Å². The molecule has 0 saturated heterocycles. The van der Waals surface area contributed by atoms with E-state index in [1.807, 2.05) is 0 Å². The summed E-state index contributed by atoms with van der Waals surface area (Å²) in [7, 11) is -3.78. The number of aromatic nitrogens is 2. The van der Waals surface area contributed by atoms with Gasteiger partial charge in [0, 0.05) is 18.1 Å². The van der Waals surface area contributed by atoms with Gasteiger partial charge in [-0.2, -0.15) is 0 Å². The second kappa shape index (κ2) is 7.06. The molecular formula is C17H16ClN3O4S. The van der Waals surface area contributed by atoms with Gasteiger partial charge >= 0.3 is 11.1 Å². The Bertz CT molecular complexity index is 1200. The number of rotatable bonds is 5. The van der Waals surface area contributed by atoms with Crippen LogP contribution in [0.25, 0.3) is 11.0 Å². The minimum absolute atomic E-state index is 0.0160. The highest BCUT2D eigenvalue weighted by Crippen LogP contribution is 2.19. The molecule has 0 bridgehead atoms. The summed E-state index contributed by atoms with van der Waals surface area (Å²) in [4.78, 5) is 26.4. The third kappa shape index (κ3) is 3.57. The van der Waals surface area contributed by atoms with Crippen LogP contribution in [0.15, 0.2) is 56.9 Å². The zero-order valence-electron chi connectivity index (χ0n) is 13.8. The lowest BCUT2D eigenvalue weighted by Crippen LogP contribution is -2.39. The highest BCUT2D eigenvalue weighted by atomic mass is 35.5. The molecule has 0 aliphatic heterocycles. The van der Waals surface area contributed by atoms with Gasteiger partial charge in [-0.25, -0.2) is 13.1 Å². The number of nitrogens with one attached hydrogen (secondary N) is 2. The van der Waals surface area contributed by atoms with E-state index in [0.717, 1.165) is 5.56 Å². The number of H-pyrrole nitrogens is 1. The van der Waals surface area contributed by atoms with E-state index >= 15 is 0 Å². The molecule has 26 heavy (non-hydrogen) atoms. The maximum atomic E-state index is 12.4. The van der Waals surface area contributed by atoms with Crippen molar-refractivity contribution in [2.45, 2.75) is 18.4 Å². The molecule has 0 amide bonds. The number of hydrogen-bond acceptors (Lipinski definition) is 4. The molecule has 9 heteroatoms. The Labute approximate surface area is 154 Å². The molecule has 7 nitrogen and oxygen atoms in total. The van der Waals surface area contributed by atoms with E-state index in [1.165, 1.54) is 16.7 Å². The summed E-state index contributed by atoms with van der Waals surface area (Å²) in [6, 6.07) is 11.3. The van der Waals surface area contributed by atoms with E-state index in [4.69, 9.17) is 11.6 Å². The molecule has 3 aromatic rings. The highest BCUT2D eigenvalue weighted by Gasteiger charge is 2.15. The molecule has 0 saturated carbocycles. The van der Waals surface area contributed by atoms with Gasteiger partial charge in [0.1, 0.15) is 0 Å². The summed E-state index contributed by atoms with van der Waals surface area (Å²) in [6.07, 6.45) is 0. The van der Waals surface area contributed by atoms with E-state index in [-0.39, 0.29) is 18.0 Å². The molecule has 0 fully saturated rings. The number of para-hydroxylation sites is 2. The molecule has 2 N–H and O–H groups in total. The van der Waals surface area contributed by atoms with Crippen molar-refractivity contribution in [2.24, 2.45) is 0 Å². The Morgan fingerprint density at radius 3 is 2.62 bits per heavy atom. The third-order valence-electron chi connectivity index (χ3n) is 3.96. The summed E-state index contributed by atoms with van der Waals surface area (Å²) in [6.45, 7) is 1.74. The standard InChI is InChI=1S/C17H16ClN3O4S/c1-11-6-7-12(10-13(11)18)26(24,25)19-8-9-21-15-5-3-2-4-14(15)20-16(22)17(21)23/h2-7,10,19H,8-9H2,1H3,(H,20,22). The van der Waals surface area contributed by atoms with Crippen LogP contribution in [-0.4, -0.2) is 24.5 Å². The first-order valence-corrected chi connectivity index (χ1v) is 9.63. The highest BCUT2D eigenvalue weighted by molar-refractivity contribution is 7.89. The number of aryl methyl sites for hydroxylation is 1. The van der Waals surface area contributed by atoms with Crippen molar-refractivity contribution >= 4 is 32.7 Å². The lowest BCUT2D eigenvalue weighted by molar-refractivity contribution is 0.572. The van der Waals surface area contributed by atoms with Crippen molar-refractivity contribution in [3.8, 4) is 0 Å². The SMILES string of the molecule is Cc1ccc(S(=O)(=O)NCCn2c(=O)c(=O)[nH]c3ccccc32)cc1Cl. The summed E-state index contributed by atoms with van der Waals surface area (Å²) in [5.41, 5.74) is 0.310. The number of benzene rings is 2. The molecule has 0 spiro atoms. The van der Waals surface area contributed by atoms with Crippen molar-refractivity contribution in [2.75, 3.05) is 6.54 Å². The van der Waals surface area contributed by atoms with Crippen LogP contribution in [0.3, 0.4) is 0 Å². The first kappa shape index (κ1) is 18.4. The second-order valence-corrected chi connectivity index (χ2v) is 7.91. The van der Waals surface area contributed by atoms with Gasteiger partial charge in [-0.15, -0.1) is 0 Å². The normalized spacial score (nSPS) is 11.8. The van der Waals surface area contributed by atoms with Crippen molar-refractivity contribution < 1.29 is 8.42 Å². The van der Waals surface area contributed by atoms with Crippen LogP contribution >= 0.6 is 11.6 Å². The number of sulfonamides is 1. The van der Waals surface area contributed by atoms with Crippen LogP contribution < -0.4 is 15.8 Å². The minimum Gasteiger partial charge on any atom is -0.316 e. The van der Waals surface area contributed by atoms with E-state index in [2.05, 4.69) is 9.71 Å². The monoisotopic (exact) mass is 393 g/mol. The number of nitrogens with zero attached hydrogens (tertiary/aromatic N) is 1. The first-order chi connectivity index (χ1) is 12.3. The van der Waals surface area contributed by atoms with Crippen LogP contribution in [0, 0.1) is 6.92 Å². The quantitative estimate of drug-likeness (QED) is 0.643. The largest absolute Gasteiger partial charge is 0.316 e. The molecule has 1 aromatic heterocycles. The Kier molecular flexibility index (Phi) is 4.99. The summed E-state index contributed by atoms with van der Waals surface area (Å²) in [5.74, 6) is 0. The van der Waals surface area contributed by atoms with Gasteiger partial charge < -0.3 is 9.55 Å². The minimum atomic E-state index is -3.78. The fourth-order valence-electron chi connectivity index (χ4n) is 2.56. The summed E-state index contributed by atoms with van der Waals surface area (Å²) in [5, 5.41) is 0.352. The maximum Gasteiger partial charge on any atom is 0.316 e. The second-order valence-electron chi connectivity index (χ2n) is 5.74. The molecule has 0 atom stereocenters. The van der Waals surface area contributed by atoms with E-state index in [9.17, 15) is 18.0 Å². The van der Waals surface area contributed by atoms with Crippen molar-refractivity contribution in [3.05, 3.63) is 73.8 Å². The Morgan fingerprint density at radius 2 is 1.88 bits per heavy atom. The number of fused-ring (bicyclic) bond motifs is 1. The molecule has 0 aliphatic rings. The molecule has 136 valence electrons. The maximum absolute atomic E-state index is 12.4. The number of halogens is 1. The van der Waals surface area contributed by atoms with Gasteiger partial charge in [0.05, 0.1) is 15.9 Å². The van der Waals surface area contributed by atoms with Crippen LogP contribution in [0.2, 0.25) is 5.02 Å². The number of aromatic amines is 1. The van der Waals surface area contributed by atoms with Gasteiger partial charge in [0.2, 0.25) is 10.0 Å². The third-order valence-corrected chi connectivity index (χ3v) is 5.83. The molecule has 0 radical (unpaired) electrons. The zero-order valence-corrected chi connectivity index (χ0v) is 15.4. The molecule has 2 aromatic carbocycles. The van der Waals surface area contributed by atoms with Crippen molar-refractivity contribution in [3.63, 3.8) is 0 Å². The van der Waals surface area contributed by atoms with Gasteiger partial charge in [-0.1, -0.05) is 29.8 Å². The molecule has 1 heterocycles. The van der Waals surface area contributed by atoms with Crippen LogP contribution in [-0.2, 0) is 16.6 Å². The van der Waals surface area contributed by atoms with E-state index < -0.39 is 21.1 Å². The van der Waals surface area contributed by atoms with Crippen LogP contribution in [0.1, 0.15) is 5.56 Å². The van der Waals surface area contributed by atoms with Crippen molar-refractivity contribution in [1.82, 2.24) is 14.3 Å². The first-order valence-electron chi connectivity index (χ1n) is 7.77. The zero-order chi connectivity index (χ0) is 18.9. The Hall–Kier alpha value is -2.42. The summed E-state index contributed by atoms with van der Waals surface area (Å²) >= 11 is 5.98. The predicted octanol–water partition coefficient (Wildman–Crippen LogP) is 1.63. The fourth-order valence-corrected chi connectivity index (χ4v) is 3.85. The predicted molar refractivity (Wildman–Crippen MR) is 100 cm³/mol. The lowest BCUT2D eigenvalue weighted by atomic mass is 10.2. The lowest BCUT2D eigenvalue weighted by Gasteiger charge is -2.11. The van der Waals surface area contributed by atoms with Gasteiger partial charge in [-0.05, 0) is 36.8 Å². The smallest absolute Gasteiger partial charge is 0.316 e. The molecular weight excluding hydrogens is 378 g/mol. The summed E-state index contributed by atoms with van der Waals surface area (Å²) < 4.78 is 28.4. The van der Waals surface area contributed by atoms with Gasteiger partial charge in [0.15, 0.2) is 0 Å². The number of hydrogen-bond donors (Lipinski definition) is 2. The molecule has 0 aliphatic carbocycles. The average Bonchev–Trinajstić information content (AvgIpc) is 2.60. The van der Waals surface area contributed by atoms with E-state index in [1.54, 1.807) is 37.3 Å².